The number of nitrogens with zero attached hydrogens (tertiary/aromatic N) is 2. The Morgan fingerprint density at radius 1 is 1.50 bits per heavy atom. The number of anilines is 2. The lowest BCUT2D eigenvalue weighted by Gasteiger charge is -2.24. The summed E-state index contributed by atoms with van der Waals surface area (Å²) in [6, 6.07) is 5.08. The van der Waals surface area contributed by atoms with Crippen LogP contribution in [0.5, 0.6) is 0 Å². The van der Waals surface area contributed by atoms with E-state index < -0.39 is 17.8 Å². The van der Waals surface area contributed by atoms with Gasteiger partial charge in [0.15, 0.2) is 6.10 Å². The van der Waals surface area contributed by atoms with Crippen LogP contribution in [0.3, 0.4) is 0 Å². The smallest absolute Gasteiger partial charge is 0.257 e. The topological polar surface area (TPSA) is 76.4 Å². The van der Waals surface area contributed by atoms with E-state index in [1.54, 1.807) is 6.07 Å². The first-order chi connectivity index (χ1) is 9.61. The molecule has 1 amide bonds. The molecule has 1 aromatic carbocycles. The monoisotopic (exact) mass is 275 g/mol. The molecule has 1 aromatic rings. The molecular weight excluding hydrogens is 261 g/mol. The summed E-state index contributed by atoms with van der Waals surface area (Å²) in [6.45, 7) is 0.466. The number of halogens is 1. The van der Waals surface area contributed by atoms with Crippen LogP contribution in [-0.2, 0) is 4.79 Å². The minimum Gasteiger partial charge on any atom is -0.378 e. The lowest BCUT2D eigenvalue weighted by atomic mass is 10.1. The maximum atomic E-state index is 14.2. The van der Waals surface area contributed by atoms with E-state index in [1.165, 1.54) is 6.07 Å². The molecule has 0 aromatic heterocycles. The zero-order chi connectivity index (χ0) is 14.3. The van der Waals surface area contributed by atoms with Gasteiger partial charge in [-0.25, -0.2) is 4.39 Å². The summed E-state index contributed by atoms with van der Waals surface area (Å²) < 4.78 is 14.2. The first-order valence-electron chi connectivity index (χ1n) is 6.58. The van der Waals surface area contributed by atoms with E-state index in [0.29, 0.717) is 24.3 Å². The number of hydrogen-bond acceptors (Lipinski definition) is 4. The Morgan fingerprint density at radius 3 is 2.90 bits per heavy atom. The minimum absolute atomic E-state index is 0.262. The molecule has 104 valence electrons. The van der Waals surface area contributed by atoms with Crippen molar-refractivity contribution in [2.45, 2.75) is 31.4 Å². The van der Waals surface area contributed by atoms with Crippen molar-refractivity contribution < 1.29 is 14.3 Å². The quantitative estimate of drug-likeness (QED) is 0.876. The minimum atomic E-state index is -1.30. The highest BCUT2D eigenvalue weighted by Gasteiger charge is 2.34. The highest BCUT2D eigenvalue weighted by Crippen LogP contribution is 2.39. The summed E-state index contributed by atoms with van der Waals surface area (Å²) in [4.78, 5) is 13.3. The third kappa shape index (κ3) is 2.10. The molecule has 0 spiro atoms. The largest absolute Gasteiger partial charge is 0.378 e. The number of carbonyl (C=O) groups is 1. The van der Waals surface area contributed by atoms with Crippen LogP contribution in [0.15, 0.2) is 12.1 Å². The molecule has 1 saturated carbocycles. The molecule has 2 N–H and O–H groups in total. The van der Waals surface area contributed by atoms with Crippen molar-refractivity contribution in [3.05, 3.63) is 23.5 Å². The molecule has 2 aliphatic rings. The molecule has 20 heavy (non-hydrogen) atoms. The average molecular weight is 275 g/mol. The van der Waals surface area contributed by atoms with Gasteiger partial charge >= 0.3 is 0 Å². The Labute approximate surface area is 115 Å². The van der Waals surface area contributed by atoms with Crippen LogP contribution < -0.4 is 10.2 Å². The van der Waals surface area contributed by atoms with Gasteiger partial charge in [-0.1, -0.05) is 0 Å². The van der Waals surface area contributed by atoms with E-state index in [9.17, 15) is 14.3 Å². The molecule has 5 nitrogen and oxygen atoms in total. The summed E-state index contributed by atoms with van der Waals surface area (Å²) in [5.74, 6) is -1.00. The van der Waals surface area contributed by atoms with Crippen molar-refractivity contribution >= 4 is 17.3 Å². The zero-order valence-electron chi connectivity index (χ0n) is 10.8. The molecule has 1 aliphatic carbocycles. The van der Waals surface area contributed by atoms with Gasteiger partial charge in [-0.3, -0.25) is 4.79 Å². The van der Waals surface area contributed by atoms with Gasteiger partial charge in [-0.15, -0.1) is 0 Å². The van der Waals surface area contributed by atoms with Crippen molar-refractivity contribution in [3.8, 4) is 6.07 Å². The number of benzene rings is 1. The molecule has 0 bridgehead atoms. The van der Waals surface area contributed by atoms with Gasteiger partial charge in [-0.05, 0) is 25.0 Å². The number of nitriles is 1. The van der Waals surface area contributed by atoms with E-state index in [1.807, 2.05) is 4.90 Å². The lowest BCUT2D eigenvalue weighted by molar-refractivity contribution is -0.123. The van der Waals surface area contributed by atoms with Crippen LogP contribution in [0.25, 0.3) is 0 Å². The number of aliphatic hydroxyl groups is 1. The Morgan fingerprint density at radius 2 is 2.25 bits per heavy atom. The summed E-state index contributed by atoms with van der Waals surface area (Å²) >= 11 is 0. The molecule has 1 atom stereocenters. The summed E-state index contributed by atoms with van der Waals surface area (Å²) in [5.41, 5.74) is 1.10. The van der Waals surface area contributed by atoms with Crippen molar-refractivity contribution in [1.29, 1.82) is 5.26 Å². The Kier molecular flexibility index (Phi) is 3.07. The first-order valence-corrected chi connectivity index (χ1v) is 6.58. The molecule has 0 radical (unpaired) electrons. The Bertz CT molecular complexity index is 607. The molecule has 3 rings (SSSR count). The predicted octanol–water partition coefficient (Wildman–Crippen LogP) is 1.69. The number of rotatable bonds is 4. The SMILES string of the molecule is N#CCCN(c1cc2c(cc1F)C(O)C(=O)N2)C1CC1. The van der Waals surface area contributed by atoms with Crippen molar-refractivity contribution in [2.75, 3.05) is 16.8 Å². The highest BCUT2D eigenvalue weighted by atomic mass is 19.1. The number of hydrogen-bond donors (Lipinski definition) is 2. The van der Waals surface area contributed by atoms with E-state index in [2.05, 4.69) is 11.4 Å². The van der Waals surface area contributed by atoms with Crippen LogP contribution in [0.4, 0.5) is 15.8 Å². The average Bonchev–Trinajstić information content (AvgIpc) is 3.21. The van der Waals surface area contributed by atoms with Gasteiger partial charge in [0.1, 0.15) is 5.82 Å². The van der Waals surface area contributed by atoms with Gasteiger partial charge in [0, 0.05) is 23.8 Å². The van der Waals surface area contributed by atoms with Crippen molar-refractivity contribution in [3.63, 3.8) is 0 Å². The molecular formula is C14H14FN3O2. The van der Waals surface area contributed by atoms with E-state index in [-0.39, 0.29) is 11.6 Å². The van der Waals surface area contributed by atoms with Crippen LogP contribution >= 0.6 is 0 Å². The van der Waals surface area contributed by atoms with Gasteiger partial charge in [-0.2, -0.15) is 5.26 Å². The van der Waals surface area contributed by atoms with Gasteiger partial charge in [0.05, 0.1) is 18.2 Å². The predicted molar refractivity (Wildman–Crippen MR) is 70.6 cm³/mol. The Hall–Kier alpha value is -2.13. The number of carbonyl (C=O) groups excluding carboxylic acids is 1. The fourth-order valence-electron chi connectivity index (χ4n) is 2.53. The van der Waals surface area contributed by atoms with Gasteiger partial charge in [0.2, 0.25) is 0 Å². The van der Waals surface area contributed by atoms with E-state index in [0.717, 1.165) is 12.8 Å². The summed E-state index contributed by atoms with van der Waals surface area (Å²) in [5, 5.41) is 20.9. The second kappa shape index (κ2) is 4.76. The van der Waals surface area contributed by atoms with Crippen molar-refractivity contribution in [2.24, 2.45) is 0 Å². The maximum absolute atomic E-state index is 14.2. The fraction of sp³-hybridized carbons (Fsp3) is 0.429. The van der Waals surface area contributed by atoms with Crippen LogP contribution in [-0.4, -0.2) is 23.6 Å². The highest BCUT2D eigenvalue weighted by molar-refractivity contribution is 6.02. The number of fused-ring (bicyclic) bond motifs is 1. The third-order valence-electron chi connectivity index (χ3n) is 3.68. The van der Waals surface area contributed by atoms with Crippen LogP contribution in [0, 0.1) is 17.1 Å². The lowest BCUT2D eigenvalue weighted by Crippen LogP contribution is -2.27. The van der Waals surface area contributed by atoms with Crippen LogP contribution in [0.1, 0.15) is 30.9 Å². The normalized spacial score (nSPS) is 20.2. The Balaban J connectivity index is 1.96. The number of nitrogens with one attached hydrogen (secondary N) is 1. The molecule has 0 saturated heterocycles. The second-order valence-electron chi connectivity index (χ2n) is 5.12. The second-order valence-corrected chi connectivity index (χ2v) is 5.12. The van der Waals surface area contributed by atoms with Crippen molar-refractivity contribution in [1.82, 2.24) is 0 Å². The summed E-state index contributed by atoms with van der Waals surface area (Å²) in [7, 11) is 0. The molecule has 1 heterocycles. The maximum Gasteiger partial charge on any atom is 0.257 e. The molecule has 1 aliphatic heterocycles. The number of amides is 1. The standard InChI is InChI=1S/C14H14FN3O2/c15-10-6-9-11(17-14(20)13(9)19)7-12(10)18(5-1-4-16)8-2-3-8/h6-8,13,19H,1-3,5H2,(H,17,20). The molecule has 1 unspecified atom stereocenters. The summed E-state index contributed by atoms with van der Waals surface area (Å²) in [6.07, 6.45) is 0.984. The van der Waals surface area contributed by atoms with Gasteiger partial charge < -0.3 is 15.3 Å². The first kappa shape index (κ1) is 12.9. The third-order valence-corrected chi connectivity index (χ3v) is 3.68. The van der Waals surface area contributed by atoms with E-state index in [4.69, 9.17) is 5.26 Å². The zero-order valence-corrected chi connectivity index (χ0v) is 10.8. The number of aliphatic hydroxyl groups excluding tert-OH is 1. The molecule has 6 heteroatoms. The van der Waals surface area contributed by atoms with E-state index >= 15 is 0 Å². The molecule has 1 fully saturated rings. The van der Waals surface area contributed by atoms with Crippen LogP contribution in [0.2, 0.25) is 0 Å². The fourth-order valence-corrected chi connectivity index (χ4v) is 2.53. The van der Waals surface area contributed by atoms with Gasteiger partial charge in [0.25, 0.3) is 5.91 Å².